The Morgan fingerprint density at radius 1 is 1.33 bits per heavy atom. The molecule has 0 heterocycles. The van der Waals surface area contributed by atoms with Crippen molar-refractivity contribution in [3.8, 4) is 0 Å². The van der Waals surface area contributed by atoms with Gasteiger partial charge in [-0.15, -0.1) is 0 Å². The maximum atomic E-state index is 10.3. The van der Waals surface area contributed by atoms with Crippen LogP contribution in [0.1, 0.15) is 18.4 Å². The fraction of sp³-hybridized carbons (Fsp3) is 0.364. The highest BCUT2D eigenvalue weighted by Crippen LogP contribution is 2.12. The molecular formula is C11H13BrO3. The van der Waals surface area contributed by atoms with Gasteiger partial charge < -0.3 is 10.2 Å². The lowest BCUT2D eigenvalue weighted by atomic mass is 10.1. The maximum Gasteiger partial charge on any atom is 0.332 e. The molecule has 0 saturated carbocycles. The molecule has 2 N–H and O–H groups in total. The number of hydrogen-bond donors (Lipinski definition) is 2. The molecule has 0 fully saturated rings. The molecule has 1 unspecified atom stereocenters. The molecule has 4 heteroatoms. The predicted octanol–water partition coefficient (Wildman–Crippen LogP) is 2.22. The molecular weight excluding hydrogens is 260 g/mol. The van der Waals surface area contributed by atoms with Gasteiger partial charge in [0, 0.05) is 4.47 Å². The van der Waals surface area contributed by atoms with Crippen LogP contribution in [0.3, 0.4) is 0 Å². The highest BCUT2D eigenvalue weighted by molar-refractivity contribution is 9.10. The average Bonchev–Trinajstić information content (AvgIpc) is 2.20. The molecule has 1 atom stereocenters. The molecule has 1 aromatic carbocycles. The van der Waals surface area contributed by atoms with Crippen molar-refractivity contribution in [2.75, 3.05) is 0 Å². The van der Waals surface area contributed by atoms with Crippen LogP contribution in [-0.2, 0) is 11.2 Å². The number of rotatable bonds is 5. The van der Waals surface area contributed by atoms with Crippen molar-refractivity contribution in [1.29, 1.82) is 0 Å². The first-order valence-electron chi connectivity index (χ1n) is 4.75. The minimum Gasteiger partial charge on any atom is -0.479 e. The van der Waals surface area contributed by atoms with E-state index in [0.29, 0.717) is 12.8 Å². The monoisotopic (exact) mass is 272 g/mol. The van der Waals surface area contributed by atoms with E-state index in [1.54, 1.807) is 0 Å². The summed E-state index contributed by atoms with van der Waals surface area (Å²) < 4.78 is 1.02. The number of carbonyl (C=O) groups is 1. The van der Waals surface area contributed by atoms with Gasteiger partial charge in [-0.3, -0.25) is 0 Å². The van der Waals surface area contributed by atoms with Crippen LogP contribution < -0.4 is 0 Å². The number of aliphatic carboxylic acids is 1. The summed E-state index contributed by atoms with van der Waals surface area (Å²) >= 11 is 3.34. The van der Waals surface area contributed by atoms with E-state index in [2.05, 4.69) is 15.9 Å². The van der Waals surface area contributed by atoms with E-state index >= 15 is 0 Å². The quantitative estimate of drug-likeness (QED) is 0.864. The Kier molecular flexibility index (Phi) is 4.78. The van der Waals surface area contributed by atoms with Crippen LogP contribution in [0.4, 0.5) is 0 Å². The van der Waals surface area contributed by atoms with Crippen LogP contribution in [0.15, 0.2) is 28.7 Å². The fourth-order valence-electron chi connectivity index (χ4n) is 1.27. The van der Waals surface area contributed by atoms with Gasteiger partial charge in [-0.05, 0) is 37.0 Å². The number of carboxylic acid groups (broad SMARTS) is 1. The van der Waals surface area contributed by atoms with Gasteiger partial charge in [0.1, 0.15) is 0 Å². The van der Waals surface area contributed by atoms with E-state index in [1.165, 1.54) is 0 Å². The average molecular weight is 273 g/mol. The molecule has 1 rings (SSSR count). The molecule has 0 aliphatic rings. The number of aliphatic hydroxyl groups excluding tert-OH is 1. The lowest BCUT2D eigenvalue weighted by Crippen LogP contribution is -2.19. The SMILES string of the molecule is O=C(O)C(O)CCCc1ccc(Br)cc1. The lowest BCUT2D eigenvalue weighted by Gasteiger charge is -2.05. The Morgan fingerprint density at radius 3 is 2.47 bits per heavy atom. The number of halogens is 1. The van der Waals surface area contributed by atoms with E-state index in [-0.39, 0.29) is 0 Å². The molecule has 3 nitrogen and oxygen atoms in total. The number of aryl methyl sites for hydroxylation is 1. The van der Waals surface area contributed by atoms with Crippen molar-refractivity contribution < 1.29 is 15.0 Å². The topological polar surface area (TPSA) is 57.5 Å². The third-order valence-corrected chi connectivity index (χ3v) is 2.67. The maximum absolute atomic E-state index is 10.3. The molecule has 0 aliphatic carbocycles. The van der Waals surface area contributed by atoms with Crippen molar-refractivity contribution in [3.05, 3.63) is 34.3 Å². The smallest absolute Gasteiger partial charge is 0.332 e. The van der Waals surface area contributed by atoms with Crippen molar-refractivity contribution in [2.45, 2.75) is 25.4 Å². The van der Waals surface area contributed by atoms with E-state index in [0.717, 1.165) is 16.5 Å². The molecule has 0 amide bonds. The van der Waals surface area contributed by atoms with Crippen LogP contribution in [0.25, 0.3) is 0 Å². The number of benzene rings is 1. The van der Waals surface area contributed by atoms with Gasteiger partial charge in [-0.1, -0.05) is 28.1 Å². The van der Waals surface area contributed by atoms with E-state index < -0.39 is 12.1 Å². The summed E-state index contributed by atoms with van der Waals surface area (Å²) in [4.78, 5) is 10.3. The molecule has 0 saturated heterocycles. The standard InChI is InChI=1S/C11H13BrO3/c12-9-6-4-8(5-7-9)2-1-3-10(13)11(14)15/h4-7,10,13H,1-3H2,(H,14,15). The predicted molar refractivity (Wildman–Crippen MR) is 60.7 cm³/mol. The highest BCUT2D eigenvalue weighted by atomic mass is 79.9. The third-order valence-electron chi connectivity index (χ3n) is 2.14. The van der Waals surface area contributed by atoms with Gasteiger partial charge >= 0.3 is 5.97 Å². The molecule has 0 spiro atoms. The Bertz CT molecular complexity index is 321. The van der Waals surface area contributed by atoms with Crippen LogP contribution in [0.2, 0.25) is 0 Å². The first kappa shape index (κ1) is 12.2. The Labute approximate surface area is 96.9 Å². The third kappa shape index (κ3) is 4.44. The Morgan fingerprint density at radius 2 is 1.93 bits per heavy atom. The second-order valence-electron chi connectivity index (χ2n) is 3.37. The van der Waals surface area contributed by atoms with Crippen molar-refractivity contribution in [1.82, 2.24) is 0 Å². The van der Waals surface area contributed by atoms with Gasteiger partial charge in [0.05, 0.1) is 0 Å². The van der Waals surface area contributed by atoms with E-state index in [9.17, 15) is 4.79 Å². The van der Waals surface area contributed by atoms with E-state index in [1.807, 2.05) is 24.3 Å². The van der Waals surface area contributed by atoms with Crippen molar-refractivity contribution in [2.24, 2.45) is 0 Å². The zero-order valence-electron chi connectivity index (χ0n) is 8.19. The van der Waals surface area contributed by atoms with Gasteiger partial charge in [-0.25, -0.2) is 4.79 Å². The van der Waals surface area contributed by atoms with Gasteiger partial charge in [-0.2, -0.15) is 0 Å². The second kappa shape index (κ2) is 5.88. The van der Waals surface area contributed by atoms with Gasteiger partial charge in [0.15, 0.2) is 6.10 Å². The molecule has 15 heavy (non-hydrogen) atoms. The highest BCUT2D eigenvalue weighted by Gasteiger charge is 2.11. The lowest BCUT2D eigenvalue weighted by molar-refractivity contribution is -0.146. The van der Waals surface area contributed by atoms with Crippen LogP contribution in [0, 0.1) is 0 Å². The van der Waals surface area contributed by atoms with Gasteiger partial charge in [0.25, 0.3) is 0 Å². The molecule has 0 aliphatic heterocycles. The minimum absolute atomic E-state index is 0.297. The number of carboxylic acids is 1. The van der Waals surface area contributed by atoms with Crippen LogP contribution in [-0.4, -0.2) is 22.3 Å². The Balaban J connectivity index is 2.32. The van der Waals surface area contributed by atoms with Crippen molar-refractivity contribution >= 4 is 21.9 Å². The Hall–Kier alpha value is -0.870. The summed E-state index contributed by atoms with van der Waals surface area (Å²) in [7, 11) is 0. The fourth-order valence-corrected chi connectivity index (χ4v) is 1.54. The molecule has 1 aromatic rings. The zero-order valence-corrected chi connectivity index (χ0v) is 9.77. The molecule has 82 valence electrons. The largest absolute Gasteiger partial charge is 0.479 e. The summed E-state index contributed by atoms with van der Waals surface area (Å²) in [5.41, 5.74) is 1.15. The number of hydrogen-bond acceptors (Lipinski definition) is 2. The zero-order chi connectivity index (χ0) is 11.3. The first-order chi connectivity index (χ1) is 7.09. The summed E-state index contributed by atoms with van der Waals surface area (Å²) in [6.07, 6.45) is 0.526. The van der Waals surface area contributed by atoms with Crippen LogP contribution in [0.5, 0.6) is 0 Å². The summed E-state index contributed by atoms with van der Waals surface area (Å²) in [6, 6.07) is 7.86. The summed E-state index contributed by atoms with van der Waals surface area (Å²) in [5.74, 6) is -1.15. The normalized spacial score (nSPS) is 12.4. The minimum atomic E-state index is -1.24. The molecule has 0 aromatic heterocycles. The first-order valence-corrected chi connectivity index (χ1v) is 5.54. The number of aliphatic hydroxyl groups is 1. The van der Waals surface area contributed by atoms with Crippen molar-refractivity contribution in [3.63, 3.8) is 0 Å². The summed E-state index contributed by atoms with van der Waals surface area (Å²) in [5, 5.41) is 17.5. The van der Waals surface area contributed by atoms with E-state index in [4.69, 9.17) is 10.2 Å². The molecule has 0 bridgehead atoms. The van der Waals surface area contributed by atoms with Crippen LogP contribution >= 0.6 is 15.9 Å². The molecule has 0 radical (unpaired) electrons. The second-order valence-corrected chi connectivity index (χ2v) is 4.29. The summed E-state index contributed by atoms with van der Waals surface area (Å²) in [6.45, 7) is 0. The van der Waals surface area contributed by atoms with Gasteiger partial charge in [0.2, 0.25) is 0 Å².